The maximum Gasteiger partial charge on any atom is 0.216 e. The summed E-state index contributed by atoms with van der Waals surface area (Å²) in [6.45, 7) is 6.09. The summed E-state index contributed by atoms with van der Waals surface area (Å²) in [4.78, 5) is 0. The maximum atomic E-state index is 5.34. The molecule has 0 aromatic carbocycles. The van der Waals surface area contributed by atoms with Crippen LogP contribution in [0.25, 0.3) is 0 Å². The molecule has 0 aliphatic heterocycles. The second kappa shape index (κ2) is 5.63. The topological polar surface area (TPSA) is 9.23 Å². The third kappa shape index (κ3) is 4.03. The van der Waals surface area contributed by atoms with Crippen molar-refractivity contribution in [3.8, 4) is 0 Å². The highest BCUT2D eigenvalue weighted by Crippen LogP contribution is 1.96. The highest BCUT2D eigenvalue weighted by Gasteiger charge is 1.83. The zero-order chi connectivity index (χ0) is 7.11. The molecule has 0 saturated heterocycles. The van der Waals surface area contributed by atoms with Crippen molar-refractivity contribution >= 4 is 9.76 Å². The van der Waals surface area contributed by atoms with Crippen LogP contribution in [0, 0.1) is 0 Å². The molecule has 0 aliphatic rings. The van der Waals surface area contributed by atoms with E-state index in [4.69, 9.17) is 4.43 Å². The molecule has 0 bridgehead atoms. The molecule has 0 heterocycles. The molecule has 0 rings (SSSR count). The average molecular weight is 142 g/mol. The minimum absolute atomic E-state index is 0.284. The minimum Gasteiger partial charge on any atom is -0.550 e. The lowest BCUT2D eigenvalue weighted by Crippen LogP contribution is -1.90. The molecule has 0 amide bonds. The van der Waals surface area contributed by atoms with Gasteiger partial charge in [0.2, 0.25) is 9.76 Å². The van der Waals surface area contributed by atoms with E-state index < -0.39 is 0 Å². The van der Waals surface area contributed by atoms with Crippen molar-refractivity contribution < 1.29 is 4.43 Å². The summed E-state index contributed by atoms with van der Waals surface area (Å²) < 4.78 is 5.34. The average Bonchev–Trinajstić information content (AvgIpc) is 1.88. The van der Waals surface area contributed by atoms with Gasteiger partial charge in [-0.15, -0.1) is 0 Å². The van der Waals surface area contributed by atoms with Gasteiger partial charge in [-0.1, -0.05) is 6.08 Å². The lowest BCUT2D eigenvalue weighted by molar-refractivity contribution is 0.477. The van der Waals surface area contributed by atoms with Gasteiger partial charge in [0.05, 0.1) is 5.76 Å². The number of rotatable bonds is 3. The summed E-state index contributed by atoms with van der Waals surface area (Å²) in [5.41, 5.74) is 0. The van der Waals surface area contributed by atoms with Crippen molar-refractivity contribution in [3.05, 3.63) is 24.0 Å². The Balaban J connectivity index is 3.70. The lowest BCUT2D eigenvalue weighted by atomic mass is 10.4. The highest BCUT2D eigenvalue weighted by atomic mass is 28.2. The zero-order valence-electron chi connectivity index (χ0n) is 6.35. The van der Waals surface area contributed by atoms with Gasteiger partial charge in [-0.25, -0.2) is 0 Å². The van der Waals surface area contributed by atoms with E-state index in [0.29, 0.717) is 0 Å². The Labute approximate surface area is 59.4 Å². The van der Waals surface area contributed by atoms with E-state index in [1.165, 1.54) is 0 Å². The molecule has 0 fully saturated rings. The van der Waals surface area contributed by atoms with E-state index in [2.05, 4.69) is 6.55 Å². The van der Waals surface area contributed by atoms with Crippen LogP contribution in [0.15, 0.2) is 24.0 Å². The summed E-state index contributed by atoms with van der Waals surface area (Å²) in [7, 11) is -0.284. The van der Waals surface area contributed by atoms with Crippen molar-refractivity contribution in [1.29, 1.82) is 0 Å². The first-order valence-electron chi connectivity index (χ1n) is 3.27. The Hall–Kier alpha value is -0.503. The van der Waals surface area contributed by atoms with Gasteiger partial charge in [0.25, 0.3) is 0 Å². The van der Waals surface area contributed by atoms with E-state index in [1.807, 2.05) is 32.1 Å². The van der Waals surface area contributed by atoms with E-state index in [0.717, 1.165) is 5.76 Å². The predicted molar refractivity (Wildman–Crippen MR) is 44.1 cm³/mol. The van der Waals surface area contributed by atoms with Crippen LogP contribution in [0.1, 0.15) is 13.8 Å². The number of hydrogen-bond donors (Lipinski definition) is 0. The fraction of sp³-hybridized carbons (Fsp3) is 0.429. The normalized spacial score (nSPS) is 13.9. The standard InChI is InChI=1S/C7H14OSi/c1-4-6-7(5-2)8-9-3/h4-6H,9H2,1-3H3/b6-4+,7-5-. The van der Waals surface area contributed by atoms with Crippen LogP contribution < -0.4 is 0 Å². The van der Waals surface area contributed by atoms with E-state index in [1.54, 1.807) is 0 Å². The quantitative estimate of drug-likeness (QED) is 0.330. The van der Waals surface area contributed by atoms with Crippen molar-refractivity contribution in [1.82, 2.24) is 0 Å². The van der Waals surface area contributed by atoms with Crippen LogP contribution in [0.3, 0.4) is 0 Å². The monoisotopic (exact) mass is 142 g/mol. The number of hydrogen-bond acceptors (Lipinski definition) is 1. The number of allylic oxidation sites excluding steroid dienone is 3. The first kappa shape index (κ1) is 8.50. The fourth-order valence-corrected chi connectivity index (χ4v) is 1.15. The molecule has 0 unspecified atom stereocenters. The SMILES string of the molecule is C/C=C(/C=C/C)O[SiH2]C. The Morgan fingerprint density at radius 1 is 1.44 bits per heavy atom. The molecular weight excluding hydrogens is 128 g/mol. The van der Waals surface area contributed by atoms with Crippen LogP contribution in [0.2, 0.25) is 6.55 Å². The Bertz CT molecular complexity index is 116. The molecule has 0 radical (unpaired) electrons. The molecule has 0 N–H and O–H groups in total. The van der Waals surface area contributed by atoms with Crippen LogP contribution >= 0.6 is 0 Å². The molecule has 0 aliphatic carbocycles. The van der Waals surface area contributed by atoms with Gasteiger partial charge in [-0.2, -0.15) is 0 Å². The molecule has 52 valence electrons. The molecular formula is C7H14OSi. The predicted octanol–water partition coefficient (Wildman–Crippen LogP) is 1.61. The first-order valence-corrected chi connectivity index (χ1v) is 5.26. The molecule has 1 nitrogen and oxygen atoms in total. The van der Waals surface area contributed by atoms with Gasteiger partial charge in [0, 0.05) is 0 Å². The molecule has 0 atom stereocenters. The van der Waals surface area contributed by atoms with Crippen LogP contribution in [0.4, 0.5) is 0 Å². The van der Waals surface area contributed by atoms with Crippen molar-refractivity contribution in [3.63, 3.8) is 0 Å². The van der Waals surface area contributed by atoms with E-state index in [-0.39, 0.29) is 9.76 Å². The molecule has 0 aromatic rings. The van der Waals surface area contributed by atoms with Gasteiger partial charge in [-0.3, -0.25) is 0 Å². The highest BCUT2D eigenvalue weighted by molar-refractivity contribution is 6.25. The van der Waals surface area contributed by atoms with Gasteiger partial charge < -0.3 is 4.43 Å². The van der Waals surface area contributed by atoms with Crippen LogP contribution in [-0.2, 0) is 4.43 Å². The van der Waals surface area contributed by atoms with E-state index in [9.17, 15) is 0 Å². The maximum absolute atomic E-state index is 5.34. The van der Waals surface area contributed by atoms with Crippen LogP contribution in [-0.4, -0.2) is 9.76 Å². The van der Waals surface area contributed by atoms with E-state index >= 15 is 0 Å². The second-order valence-corrected chi connectivity index (χ2v) is 2.49. The molecule has 0 saturated carbocycles. The van der Waals surface area contributed by atoms with Gasteiger partial charge >= 0.3 is 0 Å². The Morgan fingerprint density at radius 3 is 2.44 bits per heavy atom. The molecule has 0 spiro atoms. The minimum atomic E-state index is -0.284. The third-order valence-corrected chi connectivity index (χ3v) is 1.55. The molecule has 2 heteroatoms. The Morgan fingerprint density at radius 2 is 2.11 bits per heavy atom. The summed E-state index contributed by atoms with van der Waals surface area (Å²) in [5, 5.41) is 0. The van der Waals surface area contributed by atoms with Gasteiger partial charge in [-0.05, 0) is 32.5 Å². The third-order valence-electron chi connectivity index (χ3n) is 0.926. The van der Waals surface area contributed by atoms with Crippen LogP contribution in [0.5, 0.6) is 0 Å². The second-order valence-electron chi connectivity index (χ2n) is 1.62. The largest absolute Gasteiger partial charge is 0.550 e. The molecule has 0 aromatic heterocycles. The molecule has 9 heavy (non-hydrogen) atoms. The van der Waals surface area contributed by atoms with Crippen molar-refractivity contribution in [2.24, 2.45) is 0 Å². The summed E-state index contributed by atoms with van der Waals surface area (Å²) in [5.74, 6) is 1.01. The Kier molecular flexibility index (Phi) is 5.32. The zero-order valence-corrected chi connectivity index (χ0v) is 7.76. The van der Waals surface area contributed by atoms with Crippen molar-refractivity contribution in [2.45, 2.75) is 20.4 Å². The van der Waals surface area contributed by atoms with Crippen molar-refractivity contribution in [2.75, 3.05) is 0 Å². The van der Waals surface area contributed by atoms with Gasteiger partial charge in [0.15, 0.2) is 0 Å². The summed E-state index contributed by atoms with van der Waals surface area (Å²) >= 11 is 0. The smallest absolute Gasteiger partial charge is 0.216 e. The summed E-state index contributed by atoms with van der Waals surface area (Å²) in [6, 6.07) is 0. The van der Waals surface area contributed by atoms with Gasteiger partial charge in [0.1, 0.15) is 0 Å². The fourth-order valence-electron chi connectivity index (χ4n) is 0.559. The first-order chi connectivity index (χ1) is 4.35. The lowest BCUT2D eigenvalue weighted by Gasteiger charge is -2.01. The summed E-state index contributed by atoms with van der Waals surface area (Å²) in [6.07, 6.45) is 5.95.